The van der Waals surface area contributed by atoms with Gasteiger partial charge in [-0.25, -0.2) is 4.39 Å². The fraction of sp³-hybridized carbons (Fsp3) is 0.111. The minimum atomic E-state index is -0.413. The number of amides is 1. The Kier molecular flexibility index (Phi) is 6.81. The summed E-state index contributed by atoms with van der Waals surface area (Å²) in [7, 11) is 0. The summed E-state index contributed by atoms with van der Waals surface area (Å²) >= 11 is 0. The standard InChI is InChI=1S/C27H22FN3O2/c28-23-5-3-4-20(15-23)18-33-24-10-8-19(9-11-24)14-22(16-29)27(32)30-13-12-21-17-31-26-7-2-1-6-25(21)26/h1-11,14-15,17,31H,12-13,18H2,(H,30,32)/b22-14-. The number of hydrogen-bond acceptors (Lipinski definition) is 3. The van der Waals surface area contributed by atoms with E-state index in [1.165, 1.54) is 18.2 Å². The van der Waals surface area contributed by atoms with Crippen LogP contribution < -0.4 is 10.1 Å². The van der Waals surface area contributed by atoms with Gasteiger partial charge in [0.15, 0.2) is 0 Å². The molecule has 3 aromatic carbocycles. The first-order chi connectivity index (χ1) is 16.1. The van der Waals surface area contributed by atoms with E-state index in [2.05, 4.69) is 10.3 Å². The zero-order chi connectivity index (χ0) is 23.0. The van der Waals surface area contributed by atoms with Crippen molar-refractivity contribution in [3.63, 3.8) is 0 Å². The summed E-state index contributed by atoms with van der Waals surface area (Å²) in [6.07, 6.45) is 4.14. The molecule has 4 aromatic rings. The summed E-state index contributed by atoms with van der Waals surface area (Å²) < 4.78 is 18.9. The van der Waals surface area contributed by atoms with Gasteiger partial charge >= 0.3 is 0 Å². The molecule has 0 bridgehead atoms. The number of carbonyl (C=O) groups excluding carboxylic acids is 1. The average molecular weight is 439 g/mol. The van der Waals surface area contributed by atoms with E-state index in [0.717, 1.165) is 22.0 Å². The van der Waals surface area contributed by atoms with Crippen LogP contribution in [-0.4, -0.2) is 17.4 Å². The molecule has 0 spiro atoms. The normalized spacial score (nSPS) is 11.2. The lowest BCUT2D eigenvalue weighted by Crippen LogP contribution is -2.26. The highest BCUT2D eigenvalue weighted by Crippen LogP contribution is 2.18. The van der Waals surface area contributed by atoms with E-state index in [-0.39, 0.29) is 18.0 Å². The van der Waals surface area contributed by atoms with E-state index in [4.69, 9.17) is 4.74 Å². The maximum atomic E-state index is 13.3. The van der Waals surface area contributed by atoms with Gasteiger partial charge in [0, 0.05) is 23.6 Å². The van der Waals surface area contributed by atoms with Crippen molar-refractivity contribution in [3.8, 4) is 11.8 Å². The van der Waals surface area contributed by atoms with Crippen LogP contribution in [0.5, 0.6) is 5.75 Å². The third-order valence-corrected chi connectivity index (χ3v) is 5.21. The summed E-state index contributed by atoms with van der Waals surface area (Å²) in [6.45, 7) is 0.668. The van der Waals surface area contributed by atoms with E-state index in [9.17, 15) is 14.4 Å². The Hall–Kier alpha value is -4.37. The molecule has 0 aliphatic heterocycles. The van der Waals surface area contributed by atoms with Crippen molar-refractivity contribution < 1.29 is 13.9 Å². The fourth-order valence-corrected chi connectivity index (χ4v) is 3.51. The molecule has 2 N–H and O–H groups in total. The number of aromatic nitrogens is 1. The monoisotopic (exact) mass is 439 g/mol. The lowest BCUT2D eigenvalue weighted by molar-refractivity contribution is -0.117. The Morgan fingerprint density at radius 2 is 1.91 bits per heavy atom. The van der Waals surface area contributed by atoms with Crippen LogP contribution in [0, 0.1) is 17.1 Å². The second kappa shape index (κ2) is 10.3. The molecule has 0 saturated carbocycles. The molecule has 0 radical (unpaired) electrons. The second-order valence-electron chi connectivity index (χ2n) is 7.52. The van der Waals surface area contributed by atoms with Crippen molar-refractivity contribution >= 4 is 22.9 Å². The summed E-state index contributed by atoms with van der Waals surface area (Å²) in [4.78, 5) is 15.7. The third kappa shape index (κ3) is 5.66. The number of rotatable bonds is 8. The zero-order valence-electron chi connectivity index (χ0n) is 17.8. The van der Waals surface area contributed by atoms with E-state index in [0.29, 0.717) is 24.3 Å². The molecule has 0 unspecified atom stereocenters. The molecular formula is C27H22FN3O2. The summed E-state index contributed by atoms with van der Waals surface area (Å²) in [5, 5.41) is 13.4. The molecule has 0 saturated heterocycles. The molecule has 1 aromatic heterocycles. The number of nitriles is 1. The predicted octanol–water partition coefficient (Wildman–Crippen LogP) is 5.15. The molecule has 4 rings (SSSR count). The highest BCUT2D eigenvalue weighted by atomic mass is 19.1. The van der Waals surface area contributed by atoms with Gasteiger partial charge in [-0.05, 0) is 59.5 Å². The van der Waals surface area contributed by atoms with Gasteiger partial charge in [-0.3, -0.25) is 4.79 Å². The minimum absolute atomic E-state index is 0.0300. The number of hydrogen-bond donors (Lipinski definition) is 2. The van der Waals surface area contributed by atoms with Gasteiger partial charge in [0.25, 0.3) is 5.91 Å². The van der Waals surface area contributed by atoms with Gasteiger partial charge in [-0.1, -0.05) is 42.5 Å². The van der Waals surface area contributed by atoms with Gasteiger partial charge in [-0.2, -0.15) is 5.26 Å². The molecule has 0 aliphatic carbocycles. The topological polar surface area (TPSA) is 77.9 Å². The molecule has 6 heteroatoms. The van der Waals surface area contributed by atoms with Crippen molar-refractivity contribution in [1.82, 2.24) is 10.3 Å². The van der Waals surface area contributed by atoms with Crippen LogP contribution in [0.1, 0.15) is 16.7 Å². The summed E-state index contributed by atoms with van der Waals surface area (Å²) in [5.74, 6) is -0.109. The molecule has 0 fully saturated rings. The first-order valence-electron chi connectivity index (χ1n) is 10.5. The minimum Gasteiger partial charge on any atom is -0.489 e. The molecule has 0 aliphatic rings. The molecule has 5 nitrogen and oxygen atoms in total. The van der Waals surface area contributed by atoms with Crippen LogP contribution in [0.2, 0.25) is 0 Å². The lowest BCUT2D eigenvalue weighted by atomic mass is 10.1. The van der Waals surface area contributed by atoms with E-state index in [1.54, 1.807) is 36.4 Å². The number of halogens is 1. The van der Waals surface area contributed by atoms with Gasteiger partial charge in [0.1, 0.15) is 29.8 Å². The van der Waals surface area contributed by atoms with Crippen LogP contribution in [0.25, 0.3) is 17.0 Å². The molecule has 1 amide bonds. The second-order valence-corrected chi connectivity index (χ2v) is 7.52. The third-order valence-electron chi connectivity index (χ3n) is 5.21. The quantitative estimate of drug-likeness (QED) is 0.294. The van der Waals surface area contributed by atoms with Gasteiger partial charge in [-0.15, -0.1) is 0 Å². The Bertz CT molecular complexity index is 1330. The number of carbonyl (C=O) groups is 1. The van der Waals surface area contributed by atoms with Gasteiger partial charge in [0.2, 0.25) is 0 Å². The fourth-order valence-electron chi connectivity index (χ4n) is 3.51. The number of fused-ring (bicyclic) bond motifs is 1. The van der Waals surface area contributed by atoms with Crippen LogP contribution >= 0.6 is 0 Å². The lowest BCUT2D eigenvalue weighted by Gasteiger charge is -2.07. The van der Waals surface area contributed by atoms with Crippen LogP contribution in [0.3, 0.4) is 0 Å². The van der Waals surface area contributed by atoms with Crippen molar-refractivity contribution in [1.29, 1.82) is 5.26 Å². The number of nitrogens with zero attached hydrogens (tertiary/aromatic N) is 1. The predicted molar refractivity (Wildman–Crippen MR) is 126 cm³/mol. The number of nitrogens with one attached hydrogen (secondary N) is 2. The van der Waals surface area contributed by atoms with Crippen molar-refractivity contribution in [2.75, 3.05) is 6.54 Å². The maximum absolute atomic E-state index is 13.3. The SMILES string of the molecule is N#C/C(=C/c1ccc(OCc2cccc(F)c2)cc1)C(=O)NCCc1c[nH]c2ccccc12. The van der Waals surface area contributed by atoms with Crippen LogP contribution in [0.4, 0.5) is 4.39 Å². The summed E-state index contributed by atoms with van der Waals surface area (Å²) in [6, 6.07) is 23.2. The Balaban J connectivity index is 1.32. The smallest absolute Gasteiger partial charge is 0.261 e. The first kappa shape index (κ1) is 21.8. The summed E-state index contributed by atoms with van der Waals surface area (Å²) in [5.41, 5.74) is 3.64. The van der Waals surface area contributed by atoms with E-state index < -0.39 is 5.91 Å². The van der Waals surface area contributed by atoms with Crippen LogP contribution in [-0.2, 0) is 17.8 Å². The first-order valence-corrected chi connectivity index (χ1v) is 10.5. The molecule has 33 heavy (non-hydrogen) atoms. The highest BCUT2D eigenvalue weighted by Gasteiger charge is 2.10. The number of ether oxygens (including phenoxy) is 1. The Morgan fingerprint density at radius 1 is 1.09 bits per heavy atom. The van der Waals surface area contributed by atoms with E-state index in [1.807, 2.05) is 36.5 Å². The zero-order valence-corrected chi connectivity index (χ0v) is 17.8. The number of aromatic amines is 1. The van der Waals surface area contributed by atoms with Gasteiger partial charge in [0.05, 0.1) is 0 Å². The van der Waals surface area contributed by atoms with E-state index >= 15 is 0 Å². The maximum Gasteiger partial charge on any atom is 0.261 e. The molecule has 0 atom stereocenters. The molecule has 1 heterocycles. The van der Waals surface area contributed by atoms with Crippen molar-refractivity contribution in [2.45, 2.75) is 13.0 Å². The van der Waals surface area contributed by atoms with Crippen molar-refractivity contribution in [3.05, 3.63) is 107 Å². The molecular weight excluding hydrogens is 417 g/mol. The molecule has 164 valence electrons. The van der Waals surface area contributed by atoms with Crippen LogP contribution in [0.15, 0.2) is 84.6 Å². The number of H-pyrrole nitrogens is 1. The Labute approximate surface area is 191 Å². The number of para-hydroxylation sites is 1. The highest BCUT2D eigenvalue weighted by molar-refractivity contribution is 6.01. The number of benzene rings is 3. The van der Waals surface area contributed by atoms with Crippen molar-refractivity contribution in [2.24, 2.45) is 0 Å². The average Bonchev–Trinajstić information content (AvgIpc) is 3.25. The largest absolute Gasteiger partial charge is 0.489 e. The Morgan fingerprint density at radius 3 is 2.70 bits per heavy atom. The van der Waals surface area contributed by atoms with Gasteiger partial charge < -0.3 is 15.0 Å².